The molecule has 1 amide bonds. The molecule has 4 heteroatoms. The van der Waals surface area contributed by atoms with E-state index in [2.05, 4.69) is 16.8 Å². The molecule has 4 nitrogen and oxygen atoms in total. The number of nitrogens with zero attached hydrogens (tertiary/aromatic N) is 2. The summed E-state index contributed by atoms with van der Waals surface area (Å²) in [6.45, 7) is 4.53. The molecule has 1 aliphatic heterocycles. The topological polar surface area (TPSA) is 32.8 Å². The minimum Gasteiger partial charge on any atom is -0.374 e. The van der Waals surface area contributed by atoms with Crippen molar-refractivity contribution >= 4 is 5.91 Å². The molecule has 120 valence electrons. The van der Waals surface area contributed by atoms with Gasteiger partial charge in [0.15, 0.2) is 0 Å². The Hall–Kier alpha value is -0.610. The van der Waals surface area contributed by atoms with Gasteiger partial charge in [0.05, 0.1) is 12.7 Å². The summed E-state index contributed by atoms with van der Waals surface area (Å²) in [5, 5.41) is 0. The first-order chi connectivity index (χ1) is 10.2. The second kappa shape index (κ2) is 7.10. The van der Waals surface area contributed by atoms with Gasteiger partial charge in [-0.05, 0) is 38.1 Å². The second-order valence-corrected chi connectivity index (χ2v) is 7.33. The molecular weight excluding hydrogens is 264 g/mol. The summed E-state index contributed by atoms with van der Waals surface area (Å²) in [4.78, 5) is 17.0. The largest absolute Gasteiger partial charge is 0.374 e. The van der Waals surface area contributed by atoms with Crippen molar-refractivity contribution < 1.29 is 9.53 Å². The number of likely N-dealkylation sites (N-methyl/N-ethyl adjacent to an activating group) is 1. The van der Waals surface area contributed by atoms with Crippen LogP contribution in [0.4, 0.5) is 0 Å². The van der Waals surface area contributed by atoms with Gasteiger partial charge in [0, 0.05) is 32.6 Å². The molecule has 3 fully saturated rings. The van der Waals surface area contributed by atoms with Crippen molar-refractivity contribution in [1.82, 2.24) is 9.80 Å². The van der Waals surface area contributed by atoms with Gasteiger partial charge >= 0.3 is 0 Å². The Morgan fingerprint density at radius 2 is 2.00 bits per heavy atom. The number of amides is 1. The number of ether oxygens (including phenoxy) is 1. The average Bonchev–Trinajstić information content (AvgIpc) is 3.20. The van der Waals surface area contributed by atoms with Crippen LogP contribution in [0.5, 0.6) is 0 Å². The minimum atomic E-state index is 0.204. The Morgan fingerprint density at radius 3 is 2.62 bits per heavy atom. The van der Waals surface area contributed by atoms with Gasteiger partial charge in [-0.1, -0.05) is 19.3 Å². The summed E-state index contributed by atoms with van der Waals surface area (Å²) in [6.07, 6.45) is 8.71. The molecule has 2 saturated carbocycles. The second-order valence-electron chi connectivity index (χ2n) is 7.33. The lowest BCUT2D eigenvalue weighted by molar-refractivity contribution is -0.135. The lowest BCUT2D eigenvalue weighted by Crippen LogP contribution is -2.48. The van der Waals surface area contributed by atoms with Crippen LogP contribution in [0.15, 0.2) is 0 Å². The van der Waals surface area contributed by atoms with Crippen molar-refractivity contribution in [3.63, 3.8) is 0 Å². The number of hydrogen-bond acceptors (Lipinski definition) is 3. The van der Waals surface area contributed by atoms with Gasteiger partial charge in [-0.25, -0.2) is 0 Å². The third kappa shape index (κ3) is 4.68. The molecule has 1 heterocycles. The summed E-state index contributed by atoms with van der Waals surface area (Å²) < 4.78 is 5.85. The third-order valence-corrected chi connectivity index (χ3v) is 5.29. The highest BCUT2D eigenvalue weighted by Gasteiger charge is 2.30. The molecule has 0 radical (unpaired) electrons. The van der Waals surface area contributed by atoms with Crippen LogP contribution in [0, 0.1) is 11.8 Å². The van der Waals surface area contributed by atoms with E-state index in [4.69, 9.17) is 4.74 Å². The predicted octanol–water partition coefficient (Wildman–Crippen LogP) is 2.14. The van der Waals surface area contributed by atoms with Gasteiger partial charge in [-0.3, -0.25) is 4.79 Å². The molecule has 0 N–H and O–H groups in total. The van der Waals surface area contributed by atoms with Crippen LogP contribution in [0.25, 0.3) is 0 Å². The van der Waals surface area contributed by atoms with E-state index in [1.807, 2.05) is 0 Å². The Bertz CT molecular complexity index is 353. The van der Waals surface area contributed by atoms with Crippen LogP contribution >= 0.6 is 0 Å². The Morgan fingerprint density at radius 1 is 1.19 bits per heavy atom. The van der Waals surface area contributed by atoms with Gasteiger partial charge in [-0.15, -0.1) is 0 Å². The van der Waals surface area contributed by atoms with E-state index >= 15 is 0 Å². The van der Waals surface area contributed by atoms with Gasteiger partial charge in [0.1, 0.15) is 0 Å². The van der Waals surface area contributed by atoms with Crippen LogP contribution in [0.3, 0.4) is 0 Å². The summed E-state index contributed by atoms with van der Waals surface area (Å²) in [5.74, 6) is 1.96. The molecule has 1 saturated heterocycles. The molecule has 0 spiro atoms. The van der Waals surface area contributed by atoms with Crippen LogP contribution in [-0.4, -0.2) is 61.6 Å². The number of carbonyl (C=O) groups excluding carboxylic acids is 1. The first-order valence-corrected chi connectivity index (χ1v) is 8.78. The van der Waals surface area contributed by atoms with Gasteiger partial charge in [-0.2, -0.15) is 0 Å². The van der Waals surface area contributed by atoms with E-state index in [0.717, 1.165) is 57.5 Å². The lowest BCUT2D eigenvalue weighted by Gasteiger charge is -2.34. The highest BCUT2D eigenvalue weighted by molar-refractivity contribution is 5.76. The minimum absolute atomic E-state index is 0.204. The highest BCUT2D eigenvalue weighted by Crippen LogP contribution is 2.32. The molecule has 0 aromatic rings. The molecule has 3 aliphatic rings. The Balaban J connectivity index is 1.47. The van der Waals surface area contributed by atoms with E-state index in [1.165, 1.54) is 32.1 Å². The van der Waals surface area contributed by atoms with Gasteiger partial charge in [0.25, 0.3) is 0 Å². The number of hydrogen-bond donors (Lipinski definition) is 0. The SMILES string of the molecule is CN1CCO[C@H](CN(CC2CC2)C(=O)CCC2CCC2)C1. The lowest BCUT2D eigenvalue weighted by atomic mass is 9.82. The van der Waals surface area contributed by atoms with Gasteiger partial charge in [0.2, 0.25) is 5.91 Å². The maximum absolute atomic E-state index is 12.6. The zero-order chi connectivity index (χ0) is 14.7. The van der Waals surface area contributed by atoms with Crippen molar-refractivity contribution in [2.45, 2.75) is 51.0 Å². The van der Waals surface area contributed by atoms with Crippen molar-refractivity contribution in [3.05, 3.63) is 0 Å². The molecule has 0 unspecified atom stereocenters. The standard InChI is InChI=1S/C17H30N2O2/c1-18-9-10-21-16(12-18)13-19(11-15-5-6-15)17(20)8-7-14-3-2-4-14/h14-16H,2-13H2,1H3/t16-/m0/s1. The fourth-order valence-corrected chi connectivity index (χ4v) is 3.38. The molecular formula is C17H30N2O2. The smallest absolute Gasteiger partial charge is 0.222 e. The van der Waals surface area contributed by atoms with Crippen LogP contribution in [0.2, 0.25) is 0 Å². The number of rotatable bonds is 7. The maximum atomic E-state index is 12.6. The van der Waals surface area contributed by atoms with E-state index in [0.29, 0.717) is 5.91 Å². The molecule has 3 rings (SSSR count). The van der Waals surface area contributed by atoms with E-state index in [1.54, 1.807) is 0 Å². The molecule has 0 aromatic carbocycles. The van der Waals surface area contributed by atoms with Crippen molar-refractivity contribution in [2.75, 3.05) is 39.8 Å². The molecule has 21 heavy (non-hydrogen) atoms. The zero-order valence-electron chi connectivity index (χ0n) is 13.4. The van der Waals surface area contributed by atoms with Crippen LogP contribution in [-0.2, 0) is 9.53 Å². The zero-order valence-corrected chi connectivity index (χ0v) is 13.4. The predicted molar refractivity (Wildman–Crippen MR) is 83.1 cm³/mol. The van der Waals surface area contributed by atoms with Crippen molar-refractivity contribution in [1.29, 1.82) is 0 Å². The molecule has 0 aromatic heterocycles. The van der Waals surface area contributed by atoms with E-state index in [-0.39, 0.29) is 6.10 Å². The normalized spacial score (nSPS) is 27.4. The quantitative estimate of drug-likeness (QED) is 0.721. The summed E-state index contributed by atoms with van der Waals surface area (Å²) in [5.41, 5.74) is 0. The Labute approximate surface area is 128 Å². The van der Waals surface area contributed by atoms with Gasteiger partial charge < -0.3 is 14.5 Å². The fraction of sp³-hybridized carbons (Fsp3) is 0.941. The third-order valence-electron chi connectivity index (χ3n) is 5.29. The van der Waals surface area contributed by atoms with Crippen LogP contribution < -0.4 is 0 Å². The number of morpholine rings is 1. The fourth-order valence-electron chi connectivity index (χ4n) is 3.38. The molecule has 2 aliphatic carbocycles. The highest BCUT2D eigenvalue weighted by atomic mass is 16.5. The summed E-state index contributed by atoms with van der Waals surface area (Å²) in [6, 6.07) is 0. The Kier molecular flexibility index (Phi) is 5.17. The maximum Gasteiger partial charge on any atom is 0.222 e. The number of carbonyl (C=O) groups is 1. The van der Waals surface area contributed by atoms with Crippen molar-refractivity contribution in [3.8, 4) is 0 Å². The van der Waals surface area contributed by atoms with E-state index in [9.17, 15) is 4.79 Å². The van der Waals surface area contributed by atoms with Crippen LogP contribution in [0.1, 0.15) is 44.9 Å². The first-order valence-electron chi connectivity index (χ1n) is 8.78. The average molecular weight is 294 g/mol. The summed E-state index contributed by atoms with van der Waals surface area (Å²) >= 11 is 0. The first kappa shape index (κ1) is 15.3. The monoisotopic (exact) mass is 294 g/mol. The molecule has 0 bridgehead atoms. The summed E-state index contributed by atoms with van der Waals surface area (Å²) in [7, 11) is 2.14. The molecule has 1 atom stereocenters. The van der Waals surface area contributed by atoms with Crippen molar-refractivity contribution in [2.24, 2.45) is 11.8 Å². The van der Waals surface area contributed by atoms with E-state index < -0.39 is 0 Å².